The summed E-state index contributed by atoms with van der Waals surface area (Å²) >= 11 is 6.03. The van der Waals surface area contributed by atoms with Crippen LogP contribution in [0.1, 0.15) is 60.7 Å². The summed E-state index contributed by atoms with van der Waals surface area (Å²) in [6.45, 7) is 10.4. The van der Waals surface area contributed by atoms with Gasteiger partial charge < -0.3 is 4.74 Å². The minimum Gasteiger partial charge on any atom is -0.462 e. The molecular weight excluding hydrogens is 408 g/mol. The van der Waals surface area contributed by atoms with Gasteiger partial charge in [0.25, 0.3) is 0 Å². The van der Waals surface area contributed by atoms with E-state index < -0.39 is 5.97 Å². The van der Waals surface area contributed by atoms with Crippen LogP contribution in [-0.4, -0.2) is 22.5 Å². The van der Waals surface area contributed by atoms with Crippen molar-refractivity contribution in [2.45, 2.75) is 40.0 Å². The average molecular weight is 435 g/mol. The Hall–Kier alpha value is -2.98. The van der Waals surface area contributed by atoms with Crippen LogP contribution in [0.4, 0.5) is 0 Å². The molecule has 31 heavy (non-hydrogen) atoms. The second-order valence-electron chi connectivity index (χ2n) is 8.32. The molecule has 160 valence electrons. The molecule has 0 amide bonds. The van der Waals surface area contributed by atoms with Crippen molar-refractivity contribution in [3.05, 3.63) is 81.8 Å². The fourth-order valence-corrected chi connectivity index (χ4v) is 3.32. The predicted molar refractivity (Wildman–Crippen MR) is 127 cm³/mol. The average Bonchev–Trinajstić information content (AvgIpc) is 2.72. The second-order valence-corrected chi connectivity index (χ2v) is 8.76. The second kappa shape index (κ2) is 9.44. The number of benzene rings is 2. The third kappa shape index (κ3) is 5.59. The van der Waals surface area contributed by atoms with Gasteiger partial charge in [-0.1, -0.05) is 74.8 Å². The molecule has 1 heterocycles. The van der Waals surface area contributed by atoms with Crippen LogP contribution in [-0.2, 0) is 10.2 Å². The van der Waals surface area contributed by atoms with E-state index in [0.29, 0.717) is 27.8 Å². The van der Waals surface area contributed by atoms with Gasteiger partial charge in [-0.2, -0.15) is 0 Å². The minimum atomic E-state index is -0.432. The number of hydrogen-bond acceptors (Lipinski definition) is 4. The van der Waals surface area contributed by atoms with Crippen molar-refractivity contribution in [2.24, 2.45) is 0 Å². The summed E-state index contributed by atoms with van der Waals surface area (Å²) in [6.07, 6.45) is 3.82. The molecule has 1 aromatic heterocycles. The van der Waals surface area contributed by atoms with E-state index in [4.69, 9.17) is 16.3 Å². The molecule has 0 aliphatic carbocycles. The summed E-state index contributed by atoms with van der Waals surface area (Å²) in [4.78, 5) is 21.8. The van der Waals surface area contributed by atoms with E-state index in [0.717, 1.165) is 11.1 Å². The van der Waals surface area contributed by atoms with Crippen molar-refractivity contribution in [3.63, 3.8) is 0 Å². The van der Waals surface area contributed by atoms with Crippen LogP contribution in [0, 0.1) is 6.92 Å². The van der Waals surface area contributed by atoms with Gasteiger partial charge in [0, 0.05) is 10.6 Å². The fourth-order valence-electron chi connectivity index (χ4n) is 3.20. The van der Waals surface area contributed by atoms with Crippen LogP contribution < -0.4 is 0 Å². The Kier molecular flexibility index (Phi) is 6.91. The summed E-state index contributed by atoms with van der Waals surface area (Å²) in [6, 6.07) is 15.7. The van der Waals surface area contributed by atoms with Crippen LogP contribution in [0.25, 0.3) is 23.4 Å². The number of nitrogens with zero attached hydrogens (tertiary/aromatic N) is 2. The normalized spacial score (nSPS) is 11.7. The van der Waals surface area contributed by atoms with E-state index in [1.807, 2.05) is 24.3 Å². The maximum Gasteiger partial charge on any atom is 0.342 e. The molecule has 3 rings (SSSR count). The van der Waals surface area contributed by atoms with Gasteiger partial charge in [-0.25, -0.2) is 14.8 Å². The Labute approximate surface area is 189 Å². The van der Waals surface area contributed by atoms with E-state index in [1.165, 1.54) is 5.56 Å². The highest BCUT2D eigenvalue weighted by Gasteiger charge is 2.20. The standard InChI is InChI=1S/C26H27ClN2O2/c1-6-31-25(30)23-17(2)28-22(29-24(23)19-10-14-21(27)15-11-19)16-9-18-7-12-20(13-8-18)26(3,4)5/h7-16H,6H2,1-5H3/b16-9+. The van der Waals surface area contributed by atoms with Crippen LogP contribution in [0.2, 0.25) is 5.02 Å². The minimum absolute atomic E-state index is 0.110. The van der Waals surface area contributed by atoms with Gasteiger partial charge in [-0.05, 0) is 48.6 Å². The number of aryl methyl sites for hydroxylation is 1. The van der Waals surface area contributed by atoms with Gasteiger partial charge in [0.15, 0.2) is 5.82 Å². The zero-order chi connectivity index (χ0) is 22.6. The first-order chi connectivity index (χ1) is 14.7. The first kappa shape index (κ1) is 22.7. The highest BCUT2D eigenvalue weighted by Crippen LogP contribution is 2.27. The van der Waals surface area contributed by atoms with Crippen molar-refractivity contribution in [1.29, 1.82) is 0 Å². The van der Waals surface area contributed by atoms with Crippen molar-refractivity contribution in [2.75, 3.05) is 6.61 Å². The quantitative estimate of drug-likeness (QED) is 0.417. The Morgan fingerprint density at radius 2 is 1.65 bits per heavy atom. The summed E-state index contributed by atoms with van der Waals surface area (Å²) < 4.78 is 5.24. The Balaban J connectivity index is 2.00. The Bertz CT molecular complexity index is 1100. The molecule has 0 aliphatic heterocycles. The van der Waals surface area contributed by atoms with Crippen LogP contribution >= 0.6 is 11.6 Å². The smallest absolute Gasteiger partial charge is 0.342 e. The van der Waals surface area contributed by atoms with Crippen LogP contribution in [0.5, 0.6) is 0 Å². The van der Waals surface area contributed by atoms with Gasteiger partial charge in [0.05, 0.1) is 18.0 Å². The van der Waals surface area contributed by atoms with Gasteiger partial charge in [-0.3, -0.25) is 0 Å². The van der Waals surface area contributed by atoms with E-state index in [-0.39, 0.29) is 12.0 Å². The molecule has 0 spiro atoms. The first-order valence-electron chi connectivity index (χ1n) is 10.3. The Morgan fingerprint density at radius 3 is 2.23 bits per heavy atom. The number of rotatable bonds is 5. The van der Waals surface area contributed by atoms with Crippen LogP contribution in [0.3, 0.4) is 0 Å². The topological polar surface area (TPSA) is 52.1 Å². The van der Waals surface area contributed by atoms with Gasteiger partial charge in [0.1, 0.15) is 5.56 Å². The Morgan fingerprint density at radius 1 is 1.00 bits per heavy atom. The lowest BCUT2D eigenvalue weighted by Gasteiger charge is -2.18. The summed E-state index contributed by atoms with van der Waals surface area (Å²) in [7, 11) is 0. The molecule has 4 nitrogen and oxygen atoms in total. The van der Waals surface area contributed by atoms with Crippen molar-refractivity contribution >= 4 is 29.7 Å². The van der Waals surface area contributed by atoms with Gasteiger partial charge in [-0.15, -0.1) is 0 Å². The maximum atomic E-state index is 12.6. The molecule has 0 unspecified atom stereocenters. The molecule has 0 N–H and O–H groups in total. The highest BCUT2D eigenvalue weighted by molar-refractivity contribution is 6.30. The molecule has 5 heteroatoms. The number of carbonyl (C=O) groups excluding carboxylic acids is 1. The molecule has 0 bridgehead atoms. The highest BCUT2D eigenvalue weighted by atomic mass is 35.5. The number of hydrogen-bond donors (Lipinski definition) is 0. The zero-order valence-electron chi connectivity index (χ0n) is 18.6. The SMILES string of the molecule is CCOC(=O)c1c(C)nc(/C=C/c2ccc(C(C)(C)C)cc2)nc1-c1ccc(Cl)cc1. The lowest BCUT2D eigenvalue weighted by atomic mass is 9.87. The number of carbonyl (C=O) groups is 1. The number of aromatic nitrogens is 2. The summed E-state index contributed by atoms with van der Waals surface area (Å²) in [5.41, 5.74) is 4.69. The van der Waals surface area contributed by atoms with E-state index >= 15 is 0 Å². The zero-order valence-corrected chi connectivity index (χ0v) is 19.3. The molecular formula is C26H27ClN2O2. The molecule has 0 fully saturated rings. The molecule has 0 radical (unpaired) electrons. The van der Waals surface area contributed by atoms with Crippen molar-refractivity contribution in [3.8, 4) is 11.3 Å². The summed E-state index contributed by atoms with van der Waals surface area (Å²) in [5.74, 6) is 0.0913. The number of halogens is 1. The molecule has 3 aromatic rings. The van der Waals surface area contributed by atoms with Gasteiger partial charge >= 0.3 is 5.97 Å². The summed E-state index contributed by atoms with van der Waals surface area (Å²) in [5, 5.41) is 0.617. The first-order valence-corrected chi connectivity index (χ1v) is 10.7. The lowest BCUT2D eigenvalue weighted by molar-refractivity contribution is 0.0525. The molecule has 0 atom stereocenters. The molecule has 0 saturated carbocycles. The van der Waals surface area contributed by atoms with E-state index in [2.05, 4.69) is 55.0 Å². The fraction of sp³-hybridized carbons (Fsp3) is 0.269. The van der Waals surface area contributed by atoms with Crippen molar-refractivity contribution in [1.82, 2.24) is 9.97 Å². The lowest BCUT2D eigenvalue weighted by Crippen LogP contribution is -2.12. The van der Waals surface area contributed by atoms with Gasteiger partial charge in [0.2, 0.25) is 0 Å². The number of ether oxygens (including phenoxy) is 1. The monoisotopic (exact) mass is 434 g/mol. The van der Waals surface area contributed by atoms with E-state index in [9.17, 15) is 4.79 Å². The van der Waals surface area contributed by atoms with E-state index in [1.54, 1.807) is 26.0 Å². The molecule has 0 saturated heterocycles. The number of esters is 1. The largest absolute Gasteiger partial charge is 0.462 e. The van der Waals surface area contributed by atoms with Crippen molar-refractivity contribution < 1.29 is 9.53 Å². The third-order valence-corrected chi connectivity index (χ3v) is 5.16. The molecule has 2 aromatic carbocycles. The van der Waals surface area contributed by atoms with Crippen LogP contribution in [0.15, 0.2) is 48.5 Å². The molecule has 0 aliphatic rings. The third-order valence-electron chi connectivity index (χ3n) is 4.91. The maximum absolute atomic E-state index is 12.6. The predicted octanol–water partition coefficient (Wildman–Crippen LogP) is 6.75.